The zero-order chi connectivity index (χ0) is 18.3. The molecule has 2 aromatic carbocycles. The van der Waals surface area contributed by atoms with Crippen LogP contribution in [0.1, 0.15) is 25.0 Å². The lowest BCUT2D eigenvalue weighted by Crippen LogP contribution is -2.34. The Morgan fingerprint density at radius 2 is 1.52 bits per heavy atom. The summed E-state index contributed by atoms with van der Waals surface area (Å²) < 4.78 is 26.9. The highest BCUT2D eigenvalue weighted by Crippen LogP contribution is 2.12. The predicted molar refractivity (Wildman–Crippen MR) is 97.4 cm³/mol. The molecule has 0 atom stereocenters. The van der Waals surface area contributed by atoms with Crippen LogP contribution in [0.2, 0.25) is 0 Å². The van der Waals surface area contributed by atoms with Crippen LogP contribution in [-0.4, -0.2) is 20.5 Å². The Hall–Kier alpha value is -2.38. The van der Waals surface area contributed by atoms with Gasteiger partial charge in [0.1, 0.15) is 0 Å². The lowest BCUT2D eigenvalue weighted by molar-refractivity contribution is 0.240. The van der Waals surface area contributed by atoms with Crippen LogP contribution in [0.25, 0.3) is 0 Å². The van der Waals surface area contributed by atoms with Crippen LogP contribution in [0, 0.1) is 0 Å². The molecule has 0 unspecified atom stereocenters. The second-order valence-corrected chi connectivity index (χ2v) is 7.66. The number of amides is 2. The van der Waals surface area contributed by atoms with Gasteiger partial charge in [-0.3, -0.25) is 0 Å². The van der Waals surface area contributed by atoms with Gasteiger partial charge < -0.3 is 10.6 Å². The van der Waals surface area contributed by atoms with Gasteiger partial charge in [0.05, 0.1) is 4.90 Å². The van der Waals surface area contributed by atoms with E-state index in [0.717, 1.165) is 5.56 Å². The SMILES string of the molecule is CC(C)NS(=O)(=O)c1cccc(CNC(=O)NCc2ccccc2)c1. The first-order chi connectivity index (χ1) is 11.9. The van der Waals surface area contributed by atoms with Crippen molar-refractivity contribution in [2.24, 2.45) is 0 Å². The second kappa shape index (κ2) is 8.64. The predicted octanol–water partition coefficient (Wildman–Crippen LogP) is 2.37. The summed E-state index contributed by atoms with van der Waals surface area (Å²) in [6, 6.07) is 15.6. The van der Waals surface area contributed by atoms with Gasteiger partial charge in [-0.2, -0.15) is 0 Å². The Labute approximate surface area is 148 Å². The molecular weight excluding hydrogens is 338 g/mol. The van der Waals surface area contributed by atoms with Crippen molar-refractivity contribution in [2.75, 3.05) is 0 Å². The zero-order valence-corrected chi connectivity index (χ0v) is 15.1. The minimum Gasteiger partial charge on any atom is -0.334 e. The summed E-state index contributed by atoms with van der Waals surface area (Å²) in [5.41, 5.74) is 1.71. The number of carbonyl (C=O) groups excluding carboxylic acids is 1. The van der Waals surface area contributed by atoms with Crippen LogP contribution in [0.3, 0.4) is 0 Å². The van der Waals surface area contributed by atoms with Crippen molar-refractivity contribution in [3.8, 4) is 0 Å². The maximum absolute atomic E-state index is 12.2. The monoisotopic (exact) mass is 361 g/mol. The fourth-order valence-electron chi connectivity index (χ4n) is 2.22. The maximum Gasteiger partial charge on any atom is 0.315 e. The fraction of sp³-hybridized carbons (Fsp3) is 0.278. The van der Waals surface area contributed by atoms with Gasteiger partial charge in [0.2, 0.25) is 10.0 Å². The molecule has 0 bridgehead atoms. The molecule has 0 aromatic heterocycles. The highest BCUT2D eigenvalue weighted by atomic mass is 32.2. The van der Waals surface area contributed by atoms with E-state index in [2.05, 4.69) is 15.4 Å². The lowest BCUT2D eigenvalue weighted by Gasteiger charge is -2.11. The molecule has 0 aliphatic carbocycles. The van der Waals surface area contributed by atoms with E-state index in [1.165, 1.54) is 6.07 Å². The van der Waals surface area contributed by atoms with E-state index in [4.69, 9.17) is 0 Å². The lowest BCUT2D eigenvalue weighted by atomic mass is 10.2. The van der Waals surface area contributed by atoms with Gasteiger partial charge in [-0.15, -0.1) is 0 Å². The van der Waals surface area contributed by atoms with Crippen molar-refractivity contribution >= 4 is 16.1 Å². The molecule has 0 saturated heterocycles. The number of sulfonamides is 1. The third-order valence-electron chi connectivity index (χ3n) is 3.35. The molecule has 2 aromatic rings. The first-order valence-electron chi connectivity index (χ1n) is 8.04. The van der Waals surface area contributed by atoms with Crippen molar-refractivity contribution in [2.45, 2.75) is 37.9 Å². The Bertz CT molecular complexity index is 805. The Balaban J connectivity index is 1.90. The highest BCUT2D eigenvalue weighted by Gasteiger charge is 2.15. The maximum atomic E-state index is 12.2. The normalized spacial score (nSPS) is 11.3. The molecule has 134 valence electrons. The number of rotatable bonds is 7. The molecule has 2 rings (SSSR count). The molecule has 7 heteroatoms. The van der Waals surface area contributed by atoms with E-state index in [0.29, 0.717) is 12.1 Å². The Kier molecular flexibility index (Phi) is 6.55. The Morgan fingerprint density at radius 3 is 2.16 bits per heavy atom. The minimum atomic E-state index is -3.55. The summed E-state index contributed by atoms with van der Waals surface area (Å²) in [6.45, 7) is 4.20. The minimum absolute atomic E-state index is 0.185. The molecular formula is C18H23N3O3S. The zero-order valence-electron chi connectivity index (χ0n) is 14.3. The van der Waals surface area contributed by atoms with Crippen molar-refractivity contribution in [3.63, 3.8) is 0 Å². The molecule has 3 N–H and O–H groups in total. The molecule has 0 heterocycles. The van der Waals surface area contributed by atoms with E-state index in [9.17, 15) is 13.2 Å². The molecule has 0 saturated carbocycles. The van der Waals surface area contributed by atoms with Crippen LogP contribution >= 0.6 is 0 Å². The van der Waals surface area contributed by atoms with Crippen LogP contribution in [0.15, 0.2) is 59.5 Å². The van der Waals surface area contributed by atoms with Crippen molar-refractivity contribution in [3.05, 3.63) is 65.7 Å². The van der Waals surface area contributed by atoms with Crippen LogP contribution in [0.4, 0.5) is 4.79 Å². The van der Waals surface area contributed by atoms with E-state index >= 15 is 0 Å². The summed E-state index contributed by atoms with van der Waals surface area (Å²) in [6.07, 6.45) is 0. The third-order valence-corrected chi connectivity index (χ3v) is 5.00. The second-order valence-electron chi connectivity index (χ2n) is 5.95. The molecule has 0 radical (unpaired) electrons. The molecule has 0 spiro atoms. The number of hydrogen-bond acceptors (Lipinski definition) is 3. The van der Waals surface area contributed by atoms with Crippen molar-refractivity contribution < 1.29 is 13.2 Å². The van der Waals surface area contributed by atoms with Crippen molar-refractivity contribution in [1.29, 1.82) is 0 Å². The number of urea groups is 1. The van der Waals surface area contributed by atoms with Crippen LogP contribution in [0.5, 0.6) is 0 Å². The average Bonchev–Trinajstić information content (AvgIpc) is 2.58. The number of benzene rings is 2. The summed E-state index contributed by atoms with van der Waals surface area (Å²) in [4.78, 5) is 12.0. The van der Waals surface area contributed by atoms with Gasteiger partial charge in [-0.1, -0.05) is 42.5 Å². The van der Waals surface area contributed by atoms with E-state index in [-0.39, 0.29) is 23.5 Å². The summed E-state index contributed by atoms with van der Waals surface area (Å²) in [5, 5.41) is 5.48. The number of carbonyl (C=O) groups is 1. The molecule has 2 amide bonds. The van der Waals surface area contributed by atoms with E-state index in [1.807, 2.05) is 30.3 Å². The van der Waals surface area contributed by atoms with Crippen molar-refractivity contribution in [1.82, 2.24) is 15.4 Å². The number of nitrogens with one attached hydrogen (secondary N) is 3. The molecule has 25 heavy (non-hydrogen) atoms. The van der Waals surface area contributed by atoms with E-state index in [1.54, 1.807) is 32.0 Å². The quantitative estimate of drug-likeness (QED) is 0.707. The standard InChI is InChI=1S/C18H23N3O3S/c1-14(2)21-25(23,24)17-10-6-9-16(11-17)13-20-18(22)19-12-15-7-4-3-5-8-15/h3-11,14,21H,12-13H2,1-2H3,(H2,19,20,22). The topological polar surface area (TPSA) is 87.3 Å². The summed E-state index contributed by atoms with van der Waals surface area (Å²) in [7, 11) is -3.55. The molecule has 6 nitrogen and oxygen atoms in total. The molecule has 0 aliphatic heterocycles. The van der Waals surface area contributed by atoms with Gasteiger partial charge >= 0.3 is 6.03 Å². The molecule has 0 aliphatic rings. The average molecular weight is 361 g/mol. The first-order valence-corrected chi connectivity index (χ1v) is 9.52. The van der Waals surface area contributed by atoms with Crippen LogP contribution < -0.4 is 15.4 Å². The van der Waals surface area contributed by atoms with Gasteiger partial charge in [0.15, 0.2) is 0 Å². The molecule has 0 fully saturated rings. The summed E-state index contributed by atoms with van der Waals surface area (Å²) >= 11 is 0. The fourth-order valence-corrected chi connectivity index (χ4v) is 3.54. The number of hydrogen-bond donors (Lipinski definition) is 3. The largest absolute Gasteiger partial charge is 0.334 e. The van der Waals surface area contributed by atoms with Gasteiger partial charge in [0, 0.05) is 19.1 Å². The first kappa shape index (κ1) is 19.0. The van der Waals surface area contributed by atoms with E-state index < -0.39 is 10.0 Å². The smallest absolute Gasteiger partial charge is 0.315 e. The van der Waals surface area contributed by atoms with Gasteiger partial charge in [0.25, 0.3) is 0 Å². The van der Waals surface area contributed by atoms with Gasteiger partial charge in [-0.25, -0.2) is 17.9 Å². The highest BCUT2D eigenvalue weighted by molar-refractivity contribution is 7.89. The summed E-state index contributed by atoms with van der Waals surface area (Å²) in [5.74, 6) is 0. The Morgan fingerprint density at radius 1 is 0.920 bits per heavy atom. The van der Waals surface area contributed by atoms with Gasteiger partial charge in [-0.05, 0) is 37.1 Å². The third kappa shape index (κ3) is 6.21. The van der Waals surface area contributed by atoms with Crippen LogP contribution in [-0.2, 0) is 23.1 Å².